The number of carbonyl (C=O) groups excluding carboxylic acids is 2. The number of anilines is 1. The van der Waals surface area contributed by atoms with Gasteiger partial charge in [-0.2, -0.15) is 24.2 Å². The zero-order valence-electron chi connectivity index (χ0n) is 45.5. The number of hydrogen-bond acceptors (Lipinski definition) is 15. The number of carbonyl (C=O) groups is 2. The van der Waals surface area contributed by atoms with E-state index < -0.39 is 11.9 Å². The molecular weight excluding hydrogens is 1150 g/mol. The van der Waals surface area contributed by atoms with Crippen molar-refractivity contribution in [2.45, 2.75) is 36.6 Å². The quantitative estimate of drug-likeness (QED) is 0.0639. The Kier molecular flexibility index (Phi) is 20.8. The minimum atomic E-state index is -0.550. The molecule has 0 atom stereocenters. The molecule has 0 bridgehead atoms. The van der Waals surface area contributed by atoms with Crippen LogP contribution in [-0.2, 0) is 4.74 Å². The smallest absolute Gasteiger partial charge is 0.346 e. The Balaban J connectivity index is 0.000000161. The SMILES string of the molecule is C.C.C.C.CF.Cc1nn(-c2cn3ccccc3n2)c(=O)c2ccccc12.NNc1cn2ccccc2n1.O=C1OC(=O)c2ccccc21.O=c1[nH]n(-c2cn3ccccc3n2)c(=O)c2ccccc12.O=c1c2ccccc2cnn1-c1cn2ccccc2n1. The number of H-pyrrole nitrogens is 1. The summed E-state index contributed by atoms with van der Waals surface area (Å²) in [4.78, 5) is 88.7. The molecule has 0 unspecified atom stereocenters. The van der Waals surface area contributed by atoms with E-state index in [-0.39, 0.29) is 51.9 Å². The lowest BCUT2D eigenvalue weighted by Crippen LogP contribution is -2.28. The van der Waals surface area contributed by atoms with E-state index in [1.807, 2.05) is 166 Å². The number of halogens is 1. The molecule has 0 aliphatic carbocycles. The zero-order chi connectivity index (χ0) is 59.8. The van der Waals surface area contributed by atoms with Gasteiger partial charge in [0.1, 0.15) is 22.6 Å². The predicted octanol–water partition coefficient (Wildman–Crippen LogP) is 10.4. The summed E-state index contributed by atoms with van der Waals surface area (Å²) in [5.74, 6) is 6.20. The molecule has 1 aliphatic heterocycles. The molecule has 23 nitrogen and oxygen atoms in total. The van der Waals surface area contributed by atoms with Crippen LogP contribution in [0.15, 0.2) is 245 Å². The molecule has 15 aromatic rings. The van der Waals surface area contributed by atoms with Crippen LogP contribution in [0, 0.1) is 6.92 Å². The molecule has 0 spiro atoms. The highest BCUT2D eigenvalue weighted by atomic mass is 19.1. The Morgan fingerprint density at radius 3 is 1.36 bits per heavy atom. The number of nitrogens with zero attached hydrogens (tertiary/aromatic N) is 13. The van der Waals surface area contributed by atoms with Crippen molar-refractivity contribution in [1.29, 1.82) is 0 Å². The van der Waals surface area contributed by atoms with Crippen LogP contribution in [0.25, 0.3) is 72.4 Å². The van der Waals surface area contributed by atoms with Crippen molar-refractivity contribution in [3.63, 3.8) is 0 Å². The number of benzene rings is 4. The van der Waals surface area contributed by atoms with Crippen molar-refractivity contribution in [3.8, 4) is 17.5 Å². The number of cyclic esters (lactones) is 2. The van der Waals surface area contributed by atoms with Crippen LogP contribution >= 0.6 is 0 Å². The van der Waals surface area contributed by atoms with Gasteiger partial charge in [0.05, 0.1) is 76.5 Å². The number of nitrogens with one attached hydrogen (secondary N) is 2. The van der Waals surface area contributed by atoms with Crippen LogP contribution in [0.1, 0.15) is 56.1 Å². The number of aromatic nitrogens is 14. The second-order valence-electron chi connectivity index (χ2n) is 18.6. The van der Waals surface area contributed by atoms with Gasteiger partial charge in [-0.1, -0.05) is 115 Å². The van der Waals surface area contributed by atoms with Crippen LogP contribution in [0.3, 0.4) is 0 Å². The highest BCUT2D eigenvalue weighted by molar-refractivity contribution is 6.14. The van der Waals surface area contributed by atoms with Gasteiger partial charge >= 0.3 is 11.9 Å². The monoisotopic (exact) mass is 1210 g/mol. The van der Waals surface area contributed by atoms with E-state index in [0.29, 0.717) is 68.8 Å². The number of aryl methyl sites for hydroxylation is 1. The van der Waals surface area contributed by atoms with E-state index in [1.54, 1.807) is 83.8 Å². The molecule has 12 heterocycles. The number of alkyl halides is 1. The number of nitrogen functional groups attached to an aromatic ring is 1. The lowest BCUT2D eigenvalue weighted by molar-refractivity contribution is 0.0443. The lowest BCUT2D eigenvalue weighted by atomic mass is 10.1. The van der Waals surface area contributed by atoms with Gasteiger partial charge < -0.3 is 27.8 Å². The number of ether oxygens (including phenoxy) is 1. The highest BCUT2D eigenvalue weighted by Crippen LogP contribution is 2.19. The number of esters is 2. The largest absolute Gasteiger partial charge is 0.386 e. The normalized spacial score (nSPS) is 10.8. The number of hydrogen-bond donors (Lipinski definition) is 3. The Hall–Kier alpha value is -12.3. The molecule has 456 valence electrons. The summed E-state index contributed by atoms with van der Waals surface area (Å²) in [6.45, 7) is 1.90. The summed E-state index contributed by atoms with van der Waals surface area (Å²) in [6, 6.07) is 50.9. The average molecular weight is 1210 g/mol. The second-order valence-corrected chi connectivity index (χ2v) is 18.6. The van der Waals surface area contributed by atoms with Crippen molar-refractivity contribution >= 4 is 72.7 Å². The Morgan fingerprint density at radius 2 is 0.844 bits per heavy atom. The third-order valence-electron chi connectivity index (χ3n) is 13.3. The van der Waals surface area contributed by atoms with E-state index in [9.17, 15) is 33.2 Å². The number of imidazole rings is 4. The van der Waals surface area contributed by atoms with Crippen LogP contribution in [0.4, 0.5) is 10.2 Å². The van der Waals surface area contributed by atoms with Gasteiger partial charge in [-0.25, -0.2) is 35.4 Å². The predicted molar refractivity (Wildman–Crippen MR) is 349 cm³/mol. The van der Waals surface area contributed by atoms with Crippen molar-refractivity contribution in [3.05, 3.63) is 284 Å². The summed E-state index contributed by atoms with van der Waals surface area (Å²) < 4.78 is 25.1. The molecule has 11 aromatic heterocycles. The molecule has 24 heteroatoms. The van der Waals surface area contributed by atoms with Gasteiger partial charge in [-0.3, -0.25) is 28.7 Å². The molecule has 0 amide bonds. The molecule has 0 fully saturated rings. The minimum Gasteiger partial charge on any atom is -0.386 e. The van der Waals surface area contributed by atoms with Crippen LogP contribution in [0.2, 0.25) is 0 Å². The third-order valence-corrected chi connectivity index (χ3v) is 13.3. The van der Waals surface area contributed by atoms with Crippen molar-refractivity contribution < 1.29 is 18.7 Å². The summed E-state index contributed by atoms with van der Waals surface area (Å²) in [5, 5.41) is 14.9. The molecule has 0 radical (unpaired) electrons. The van der Waals surface area contributed by atoms with E-state index in [4.69, 9.17) is 5.84 Å². The van der Waals surface area contributed by atoms with Gasteiger partial charge in [-0.15, -0.1) is 0 Å². The van der Waals surface area contributed by atoms with Crippen molar-refractivity contribution in [2.75, 3.05) is 12.6 Å². The lowest BCUT2D eigenvalue weighted by Gasteiger charge is -2.05. The fourth-order valence-electron chi connectivity index (χ4n) is 9.23. The first-order valence-electron chi connectivity index (χ1n) is 26.2. The van der Waals surface area contributed by atoms with E-state index >= 15 is 0 Å². The van der Waals surface area contributed by atoms with Crippen molar-refractivity contribution in [2.24, 2.45) is 5.84 Å². The van der Waals surface area contributed by atoms with E-state index in [2.05, 4.69) is 45.4 Å². The maximum absolute atomic E-state index is 12.6. The molecule has 0 saturated carbocycles. The Bertz CT molecular complexity index is 5110. The first-order chi connectivity index (χ1) is 42.0. The van der Waals surface area contributed by atoms with Gasteiger partial charge in [0.25, 0.3) is 22.2 Å². The Labute approximate surface area is 512 Å². The number of pyridine rings is 4. The maximum atomic E-state index is 12.6. The van der Waals surface area contributed by atoms with Crippen molar-refractivity contribution in [1.82, 2.24) is 66.9 Å². The molecule has 90 heavy (non-hydrogen) atoms. The molecule has 0 saturated heterocycles. The van der Waals surface area contributed by atoms with Gasteiger partial charge in [0.15, 0.2) is 23.3 Å². The number of fused-ring (bicyclic) bond motifs is 8. The minimum absolute atomic E-state index is 0. The topological polar surface area (TPSA) is 275 Å². The molecule has 16 rings (SSSR count). The number of aromatic amines is 1. The molecule has 1 aliphatic rings. The van der Waals surface area contributed by atoms with E-state index in [0.717, 1.165) is 33.4 Å². The fourth-order valence-corrected chi connectivity index (χ4v) is 9.23. The highest BCUT2D eigenvalue weighted by Gasteiger charge is 2.28. The van der Waals surface area contributed by atoms with Gasteiger partial charge in [0, 0.05) is 35.6 Å². The van der Waals surface area contributed by atoms with Crippen LogP contribution < -0.4 is 33.5 Å². The summed E-state index contributed by atoms with van der Waals surface area (Å²) in [6.07, 6.45) is 16.3. The maximum Gasteiger partial charge on any atom is 0.346 e. The van der Waals surface area contributed by atoms with Crippen LogP contribution in [-0.4, -0.2) is 86.0 Å². The summed E-state index contributed by atoms with van der Waals surface area (Å²) >= 11 is 0. The number of rotatable bonds is 4. The molecular formula is C66H63FN16O7. The summed E-state index contributed by atoms with van der Waals surface area (Å²) in [7, 11) is 0.500. The Morgan fingerprint density at radius 1 is 0.444 bits per heavy atom. The van der Waals surface area contributed by atoms with Crippen LogP contribution in [0.5, 0.6) is 0 Å². The standard InChI is InChI=1S/C16H12N4O.C15H10N4O2.C15H10N4O.C8H4O3.C7H8N4.CH3F.4CH4/c1-11-12-6-2-3-7-13(12)16(21)20(18-11)15-10-19-9-5-4-8-14(19)17-15;20-14-10-5-1-2-6-11(10)15(21)19(17-14)13-9-18-8-4-3-7-12(18)16-13;20-15-12-6-2-1-5-11(12)9-16-19(15)14-10-18-8-4-3-7-13(18)17-14;9-7-5-3-1-2-4-6(5)8(10)11-7;8-10-6-5-11-4-2-1-3-7(11)9-6;1-2;;;;/h2-10H,1H3;1-9H,(H,17,20);1-10H;1-4H;1-5,10H,8H2;1H3;4*1H4. The fraction of sp³-hybridized carbons (Fsp3) is 0.0909. The van der Waals surface area contributed by atoms with Gasteiger partial charge in [-0.05, 0) is 91.9 Å². The molecule has 4 aromatic carbocycles. The average Bonchev–Trinajstić information content (AvgIpc) is 1.52. The number of hydrazine groups is 1. The first kappa shape index (κ1) is 65.2. The third kappa shape index (κ3) is 13.2. The first-order valence-corrected chi connectivity index (χ1v) is 26.2. The van der Waals surface area contributed by atoms with Gasteiger partial charge in [0.2, 0.25) is 0 Å². The number of nitrogens with two attached hydrogens (primary N) is 1. The molecule has 4 N–H and O–H groups in total. The second kappa shape index (κ2) is 28.7. The zero-order valence-corrected chi connectivity index (χ0v) is 45.5. The van der Waals surface area contributed by atoms with E-state index in [1.165, 1.54) is 14.0 Å². The summed E-state index contributed by atoms with van der Waals surface area (Å²) in [5.41, 5.74) is 6.24.